The lowest BCUT2D eigenvalue weighted by Gasteiger charge is -2.31. The molecule has 0 saturated heterocycles. The molecule has 174 valence electrons. The number of nitrogens with zero attached hydrogens (tertiary/aromatic N) is 1. The zero-order valence-corrected chi connectivity index (χ0v) is 20.8. The number of carbonyl (C=O) groups is 2. The van der Waals surface area contributed by atoms with Crippen LogP contribution in [0.3, 0.4) is 0 Å². The van der Waals surface area contributed by atoms with Crippen molar-refractivity contribution in [3.63, 3.8) is 0 Å². The smallest absolute Gasteiger partial charge is 0.243 e. The van der Waals surface area contributed by atoms with Crippen LogP contribution in [0.25, 0.3) is 0 Å². The molecular formula is C25H33ClN2O3S. The predicted octanol–water partition coefficient (Wildman–Crippen LogP) is 5.55. The Morgan fingerprint density at radius 3 is 2.50 bits per heavy atom. The molecule has 0 fully saturated rings. The Labute approximate surface area is 200 Å². The van der Waals surface area contributed by atoms with E-state index in [2.05, 4.69) is 5.32 Å². The van der Waals surface area contributed by atoms with Crippen LogP contribution in [-0.4, -0.2) is 41.7 Å². The molecule has 0 spiro atoms. The van der Waals surface area contributed by atoms with Crippen molar-refractivity contribution >= 4 is 35.2 Å². The standard InChI is InChI=1S/C25H33ClN2O3S/c1-5-23(25(30)27-18(2)3)28(17-19-8-6-9-21(16-19)31-4)24(29)10-7-15-32-22-13-11-20(26)12-14-22/h6,8-9,11-14,16,18,23H,5,7,10,15,17H2,1-4H3,(H,27,30). The summed E-state index contributed by atoms with van der Waals surface area (Å²) in [5.74, 6) is 1.41. The van der Waals surface area contributed by atoms with Gasteiger partial charge in [-0.05, 0) is 74.4 Å². The van der Waals surface area contributed by atoms with Gasteiger partial charge in [-0.15, -0.1) is 11.8 Å². The monoisotopic (exact) mass is 476 g/mol. The van der Waals surface area contributed by atoms with Crippen molar-refractivity contribution in [3.8, 4) is 5.75 Å². The van der Waals surface area contributed by atoms with E-state index in [-0.39, 0.29) is 17.9 Å². The van der Waals surface area contributed by atoms with Gasteiger partial charge in [0.15, 0.2) is 0 Å². The largest absolute Gasteiger partial charge is 0.497 e. The normalized spacial score (nSPS) is 11.8. The summed E-state index contributed by atoms with van der Waals surface area (Å²) in [7, 11) is 1.62. The third kappa shape index (κ3) is 8.40. The minimum atomic E-state index is -0.514. The summed E-state index contributed by atoms with van der Waals surface area (Å²) in [6, 6.07) is 14.8. The van der Waals surface area contributed by atoms with Crippen molar-refractivity contribution in [3.05, 3.63) is 59.1 Å². The molecule has 0 aliphatic heterocycles. The molecule has 0 aliphatic rings. The van der Waals surface area contributed by atoms with Crippen LogP contribution in [0, 0.1) is 0 Å². The molecule has 32 heavy (non-hydrogen) atoms. The number of thioether (sulfide) groups is 1. The summed E-state index contributed by atoms with van der Waals surface area (Å²) < 4.78 is 5.32. The van der Waals surface area contributed by atoms with Gasteiger partial charge < -0.3 is 15.0 Å². The Balaban J connectivity index is 2.07. The van der Waals surface area contributed by atoms with Crippen molar-refractivity contribution in [1.82, 2.24) is 10.2 Å². The number of amides is 2. The van der Waals surface area contributed by atoms with E-state index in [1.54, 1.807) is 23.8 Å². The molecule has 1 atom stereocenters. The fraction of sp³-hybridized carbons (Fsp3) is 0.440. The highest BCUT2D eigenvalue weighted by molar-refractivity contribution is 7.99. The maximum Gasteiger partial charge on any atom is 0.243 e. The molecule has 0 radical (unpaired) electrons. The molecule has 2 amide bonds. The Morgan fingerprint density at radius 2 is 1.88 bits per heavy atom. The quantitative estimate of drug-likeness (QED) is 0.322. The van der Waals surface area contributed by atoms with Crippen LogP contribution in [0.1, 0.15) is 45.6 Å². The third-order valence-electron chi connectivity index (χ3n) is 4.92. The summed E-state index contributed by atoms with van der Waals surface area (Å²) in [5, 5.41) is 3.67. The van der Waals surface area contributed by atoms with Crippen LogP contribution in [0.4, 0.5) is 0 Å². The summed E-state index contributed by atoms with van der Waals surface area (Å²) in [5.41, 5.74) is 0.934. The van der Waals surface area contributed by atoms with E-state index in [1.807, 2.05) is 69.3 Å². The average molecular weight is 477 g/mol. The predicted molar refractivity (Wildman–Crippen MR) is 132 cm³/mol. The van der Waals surface area contributed by atoms with E-state index in [9.17, 15) is 9.59 Å². The lowest BCUT2D eigenvalue weighted by atomic mass is 10.1. The Bertz CT molecular complexity index is 874. The summed E-state index contributed by atoms with van der Waals surface area (Å²) in [6.07, 6.45) is 1.66. The Kier molecular flexibility index (Phi) is 10.9. The summed E-state index contributed by atoms with van der Waals surface area (Å²) in [6.45, 7) is 6.15. The number of ether oxygens (including phenoxy) is 1. The van der Waals surface area contributed by atoms with Crippen LogP contribution in [0.5, 0.6) is 5.75 Å². The van der Waals surface area contributed by atoms with Crippen molar-refractivity contribution in [1.29, 1.82) is 0 Å². The summed E-state index contributed by atoms with van der Waals surface area (Å²) >= 11 is 7.63. The number of hydrogen-bond donors (Lipinski definition) is 1. The third-order valence-corrected chi connectivity index (χ3v) is 6.27. The zero-order valence-electron chi connectivity index (χ0n) is 19.3. The fourth-order valence-corrected chi connectivity index (χ4v) is 4.33. The van der Waals surface area contributed by atoms with Gasteiger partial charge in [-0.25, -0.2) is 0 Å². The van der Waals surface area contributed by atoms with Gasteiger partial charge in [0.05, 0.1) is 7.11 Å². The first kappa shape index (κ1) is 26.1. The molecule has 0 aromatic heterocycles. The first-order chi connectivity index (χ1) is 15.3. The van der Waals surface area contributed by atoms with Crippen LogP contribution in [0.2, 0.25) is 5.02 Å². The molecule has 0 bridgehead atoms. The van der Waals surface area contributed by atoms with Crippen molar-refractivity contribution in [2.75, 3.05) is 12.9 Å². The van der Waals surface area contributed by atoms with E-state index in [0.29, 0.717) is 24.4 Å². The van der Waals surface area contributed by atoms with Gasteiger partial charge >= 0.3 is 0 Å². The highest BCUT2D eigenvalue weighted by Gasteiger charge is 2.28. The minimum absolute atomic E-state index is 0.0149. The molecule has 2 aromatic rings. The highest BCUT2D eigenvalue weighted by Crippen LogP contribution is 2.23. The molecular weight excluding hydrogens is 444 g/mol. The molecule has 0 heterocycles. The van der Waals surface area contributed by atoms with Crippen molar-refractivity contribution in [2.45, 2.75) is 63.6 Å². The first-order valence-electron chi connectivity index (χ1n) is 10.9. The molecule has 2 rings (SSSR count). The maximum absolute atomic E-state index is 13.2. The van der Waals surface area contributed by atoms with Crippen LogP contribution in [-0.2, 0) is 16.1 Å². The molecule has 0 saturated carbocycles. The maximum atomic E-state index is 13.2. The number of nitrogens with one attached hydrogen (secondary N) is 1. The zero-order chi connectivity index (χ0) is 23.5. The number of carbonyl (C=O) groups excluding carboxylic acids is 2. The number of halogens is 1. The van der Waals surface area contributed by atoms with Crippen LogP contribution >= 0.6 is 23.4 Å². The lowest BCUT2D eigenvalue weighted by Crippen LogP contribution is -2.50. The van der Waals surface area contributed by atoms with Gasteiger partial charge in [-0.2, -0.15) is 0 Å². The van der Waals surface area contributed by atoms with Gasteiger partial charge in [-0.1, -0.05) is 30.7 Å². The second kappa shape index (κ2) is 13.4. The highest BCUT2D eigenvalue weighted by atomic mass is 35.5. The topological polar surface area (TPSA) is 58.6 Å². The van der Waals surface area contributed by atoms with E-state index in [1.165, 1.54) is 0 Å². The Hall–Kier alpha value is -2.18. The fourth-order valence-electron chi connectivity index (χ4n) is 3.36. The van der Waals surface area contributed by atoms with Gasteiger partial charge in [0.1, 0.15) is 11.8 Å². The van der Waals surface area contributed by atoms with Crippen LogP contribution < -0.4 is 10.1 Å². The second-order valence-electron chi connectivity index (χ2n) is 7.87. The number of hydrogen-bond acceptors (Lipinski definition) is 4. The number of benzene rings is 2. The van der Waals surface area contributed by atoms with Crippen LogP contribution in [0.15, 0.2) is 53.4 Å². The van der Waals surface area contributed by atoms with E-state index < -0.39 is 6.04 Å². The molecule has 5 nitrogen and oxygen atoms in total. The van der Waals surface area contributed by atoms with Gasteiger partial charge in [0.2, 0.25) is 11.8 Å². The van der Waals surface area contributed by atoms with E-state index >= 15 is 0 Å². The SMILES string of the molecule is CCC(C(=O)NC(C)C)N(Cc1cccc(OC)c1)C(=O)CCCSc1ccc(Cl)cc1. The minimum Gasteiger partial charge on any atom is -0.497 e. The lowest BCUT2D eigenvalue weighted by molar-refractivity contribution is -0.141. The number of rotatable bonds is 12. The van der Waals surface area contributed by atoms with Gasteiger partial charge in [0, 0.05) is 28.9 Å². The van der Waals surface area contributed by atoms with E-state index in [0.717, 1.165) is 28.4 Å². The molecule has 7 heteroatoms. The Morgan fingerprint density at radius 1 is 1.16 bits per heavy atom. The van der Waals surface area contributed by atoms with Crippen molar-refractivity contribution < 1.29 is 14.3 Å². The molecule has 1 N–H and O–H groups in total. The number of methoxy groups -OCH3 is 1. The van der Waals surface area contributed by atoms with Crippen molar-refractivity contribution in [2.24, 2.45) is 0 Å². The second-order valence-corrected chi connectivity index (χ2v) is 9.47. The van der Waals surface area contributed by atoms with Gasteiger partial charge in [0.25, 0.3) is 0 Å². The molecule has 1 unspecified atom stereocenters. The molecule has 0 aliphatic carbocycles. The average Bonchev–Trinajstić information content (AvgIpc) is 2.77. The summed E-state index contributed by atoms with van der Waals surface area (Å²) in [4.78, 5) is 28.9. The van der Waals surface area contributed by atoms with Gasteiger partial charge in [-0.3, -0.25) is 9.59 Å². The molecule has 2 aromatic carbocycles. The van der Waals surface area contributed by atoms with E-state index in [4.69, 9.17) is 16.3 Å². The first-order valence-corrected chi connectivity index (χ1v) is 12.3.